The third kappa shape index (κ3) is 7.62. The molecule has 3 rings (SSSR count). The second-order valence-corrected chi connectivity index (χ2v) is 6.09. The molecule has 0 spiro atoms. The lowest BCUT2D eigenvalue weighted by atomic mass is 10.1. The van der Waals surface area contributed by atoms with Crippen LogP contribution in [0.5, 0.6) is 5.75 Å². The Morgan fingerprint density at radius 1 is 0.875 bits per heavy atom. The van der Waals surface area contributed by atoms with Gasteiger partial charge in [-0.05, 0) is 42.7 Å². The zero-order chi connectivity index (χ0) is 17.6. The molecule has 24 heavy (non-hydrogen) atoms. The van der Waals surface area contributed by atoms with Crippen molar-refractivity contribution >= 4 is 22.1 Å². The molecular formula is C21H29NOS. The van der Waals surface area contributed by atoms with Crippen LogP contribution in [0.15, 0.2) is 65.4 Å². The van der Waals surface area contributed by atoms with Gasteiger partial charge in [0.15, 0.2) is 0 Å². The number of benzene rings is 2. The number of hydrogen-bond acceptors (Lipinski definition) is 3. The monoisotopic (exact) mass is 343 g/mol. The second-order valence-electron chi connectivity index (χ2n) is 5.28. The summed E-state index contributed by atoms with van der Waals surface area (Å²) in [6.45, 7) is 5.83. The standard InChI is InChI=1S/C15H19NO.C4H4S.C2H6/c1-16(2)11-6-12-17-15-10-5-8-13-7-3-4-9-14(13)15;1-2-4-5-3-1;1-2/h3-5,7-10H,6,11-12H2,1-2H3;1-4H;1-2H3. The number of rotatable bonds is 5. The van der Waals surface area contributed by atoms with E-state index in [2.05, 4.69) is 49.3 Å². The molecule has 2 aromatic carbocycles. The molecule has 0 aliphatic rings. The lowest BCUT2D eigenvalue weighted by Gasteiger charge is -2.11. The van der Waals surface area contributed by atoms with Crippen LogP contribution in [0, 0.1) is 0 Å². The van der Waals surface area contributed by atoms with Crippen LogP contribution in [0.3, 0.4) is 0 Å². The number of fused-ring (bicyclic) bond motifs is 1. The van der Waals surface area contributed by atoms with Crippen LogP contribution in [0.1, 0.15) is 20.3 Å². The Kier molecular flexibility index (Phi) is 10.6. The largest absolute Gasteiger partial charge is 0.493 e. The summed E-state index contributed by atoms with van der Waals surface area (Å²) in [5, 5.41) is 6.51. The Bertz CT molecular complexity index is 627. The van der Waals surface area contributed by atoms with Gasteiger partial charge in [0.25, 0.3) is 0 Å². The fourth-order valence-electron chi connectivity index (χ4n) is 2.11. The summed E-state index contributed by atoms with van der Waals surface area (Å²) >= 11 is 1.71. The van der Waals surface area contributed by atoms with Crippen molar-refractivity contribution in [3.8, 4) is 5.75 Å². The highest BCUT2D eigenvalue weighted by atomic mass is 32.1. The van der Waals surface area contributed by atoms with Crippen LogP contribution >= 0.6 is 11.3 Å². The molecule has 0 bridgehead atoms. The van der Waals surface area contributed by atoms with Crippen molar-refractivity contribution in [1.82, 2.24) is 4.90 Å². The van der Waals surface area contributed by atoms with E-state index < -0.39 is 0 Å². The summed E-state index contributed by atoms with van der Waals surface area (Å²) in [4.78, 5) is 2.17. The maximum absolute atomic E-state index is 5.84. The van der Waals surface area contributed by atoms with Gasteiger partial charge in [-0.1, -0.05) is 62.4 Å². The molecule has 0 saturated carbocycles. The van der Waals surface area contributed by atoms with Gasteiger partial charge in [0.05, 0.1) is 6.61 Å². The van der Waals surface area contributed by atoms with Gasteiger partial charge in [-0.25, -0.2) is 0 Å². The van der Waals surface area contributed by atoms with Gasteiger partial charge in [-0.2, -0.15) is 11.3 Å². The van der Waals surface area contributed by atoms with E-state index in [0.717, 1.165) is 25.3 Å². The van der Waals surface area contributed by atoms with Gasteiger partial charge >= 0.3 is 0 Å². The van der Waals surface area contributed by atoms with E-state index >= 15 is 0 Å². The van der Waals surface area contributed by atoms with Crippen LogP contribution in [0.2, 0.25) is 0 Å². The average Bonchev–Trinajstić information content (AvgIpc) is 3.20. The molecule has 0 aliphatic heterocycles. The first-order valence-electron chi connectivity index (χ1n) is 8.50. The molecule has 130 valence electrons. The molecule has 0 N–H and O–H groups in total. The van der Waals surface area contributed by atoms with E-state index in [9.17, 15) is 0 Å². The topological polar surface area (TPSA) is 12.5 Å². The van der Waals surface area contributed by atoms with Crippen molar-refractivity contribution < 1.29 is 4.74 Å². The summed E-state index contributed by atoms with van der Waals surface area (Å²) in [5.74, 6) is 0.988. The first-order valence-corrected chi connectivity index (χ1v) is 9.44. The van der Waals surface area contributed by atoms with E-state index in [1.165, 1.54) is 10.8 Å². The fourth-order valence-corrected chi connectivity index (χ4v) is 2.56. The summed E-state index contributed by atoms with van der Waals surface area (Å²) in [6, 6.07) is 18.6. The summed E-state index contributed by atoms with van der Waals surface area (Å²) < 4.78 is 5.84. The van der Waals surface area contributed by atoms with E-state index in [0.29, 0.717) is 0 Å². The van der Waals surface area contributed by atoms with E-state index in [4.69, 9.17) is 4.74 Å². The first kappa shape index (κ1) is 20.2. The third-order valence-corrected chi connectivity index (χ3v) is 3.81. The molecule has 0 unspecified atom stereocenters. The molecule has 1 aromatic heterocycles. The number of nitrogens with zero attached hydrogens (tertiary/aromatic N) is 1. The maximum atomic E-state index is 5.84. The van der Waals surface area contributed by atoms with E-state index in [1.807, 2.05) is 48.9 Å². The lowest BCUT2D eigenvalue weighted by molar-refractivity contribution is 0.284. The minimum atomic E-state index is 0.770. The second kappa shape index (κ2) is 12.6. The highest BCUT2D eigenvalue weighted by molar-refractivity contribution is 7.07. The molecule has 2 nitrogen and oxygen atoms in total. The fraction of sp³-hybridized carbons (Fsp3) is 0.333. The number of hydrogen-bond donors (Lipinski definition) is 0. The molecule has 0 saturated heterocycles. The molecule has 3 heteroatoms. The van der Waals surface area contributed by atoms with Crippen LogP contribution in [0.25, 0.3) is 10.8 Å². The highest BCUT2D eigenvalue weighted by Gasteiger charge is 2.00. The van der Waals surface area contributed by atoms with Crippen molar-refractivity contribution in [3.05, 3.63) is 65.4 Å². The Balaban J connectivity index is 0.000000346. The van der Waals surface area contributed by atoms with Gasteiger partial charge in [0.1, 0.15) is 5.75 Å². The van der Waals surface area contributed by atoms with E-state index in [-0.39, 0.29) is 0 Å². The maximum Gasteiger partial charge on any atom is 0.127 e. The predicted octanol–water partition coefficient (Wildman–Crippen LogP) is 5.94. The average molecular weight is 344 g/mol. The zero-order valence-electron chi connectivity index (χ0n) is 15.2. The Hall–Kier alpha value is -1.84. The number of ether oxygens (including phenoxy) is 1. The van der Waals surface area contributed by atoms with Crippen LogP contribution in [-0.4, -0.2) is 32.1 Å². The summed E-state index contributed by atoms with van der Waals surface area (Å²) in [6.07, 6.45) is 1.05. The highest BCUT2D eigenvalue weighted by Crippen LogP contribution is 2.25. The van der Waals surface area contributed by atoms with Gasteiger partial charge in [-0.15, -0.1) is 0 Å². The Morgan fingerprint density at radius 2 is 1.54 bits per heavy atom. The smallest absolute Gasteiger partial charge is 0.127 e. The molecule has 3 aromatic rings. The minimum Gasteiger partial charge on any atom is -0.493 e. The van der Waals surface area contributed by atoms with Crippen LogP contribution in [0.4, 0.5) is 0 Å². The van der Waals surface area contributed by atoms with Gasteiger partial charge in [0, 0.05) is 11.9 Å². The number of thiophene rings is 1. The quantitative estimate of drug-likeness (QED) is 0.531. The van der Waals surface area contributed by atoms with Crippen LogP contribution < -0.4 is 4.74 Å². The lowest BCUT2D eigenvalue weighted by Crippen LogP contribution is -2.15. The molecular weight excluding hydrogens is 314 g/mol. The zero-order valence-corrected chi connectivity index (χ0v) is 16.1. The SMILES string of the molecule is CC.CN(C)CCCOc1cccc2ccccc12.c1ccsc1. The molecule has 0 aliphatic carbocycles. The molecule has 0 radical (unpaired) electrons. The summed E-state index contributed by atoms with van der Waals surface area (Å²) in [5.41, 5.74) is 0. The van der Waals surface area contributed by atoms with Crippen LogP contribution in [-0.2, 0) is 0 Å². The Morgan fingerprint density at radius 3 is 2.17 bits per heavy atom. The third-order valence-electron chi connectivity index (χ3n) is 3.18. The minimum absolute atomic E-state index is 0.770. The molecule has 0 amide bonds. The van der Waals surface area contributed by atoms with Crippen molar-refractivity contribution in [2.75, 3.05) is 27.2 Å². The Labute approximate surface area is 150 Å². The van der Waals surface area contributed by atoms with Crippen molar-refractivity contribution in [3.63, 3.8) is 0 Å². The summed E-state index contributed by atoms with van der Waals surface area (Å²) in [7, 11) is 4.16. The predicted molar refractivity (Wildman–Crippen MR) is 108 cm³/mol. The van der Waals surface area contributed by atoms with Crippen molar-refractivity contribution in [2.24, 2.45) is 0 Å². The van der Waals surface area contributed by atoms with Crippen molar-refractivity contribution in [2.45, 2.75) is 20.3 Å². The first-order chi connectivity index (χ1) is 11.8. The van der Waals surface area contributed by atoms with Gasteiger partial charge in [-0.3, -0.25) is 0 Å². The van der Waals surface area contributed by atoms with Crippen molar-refractivity contribution in [1.29, 1.82) is 0 Å². The van der Waals surface area contributed by atoms with E-state index in [1.54, 1.807) is 11.3 Å². The van der Waals surface area contributed by atoms with Gasteiger partial charge < -0.3 is 9.64 Å². The van der Waals surface area contributed by atoms with Gasteiger partial charge in [0.2, 0.25) is 0 Å². The molecule has 0 fully saturated rings. The molecule has 1 heterocycles. The normalized spacial score (nSPS) is 9.71. The molecule has 0 atom stereocenters.